The van der Waals surface area contributed by atoms with Crippen molar-refractivity contribution in [2.75, 3.05) is 19.3 Å². The Kier molecular flexibility index (Phi) is 5.00. The third-order valence-electron chi connectivity index (χ3n) is 3.27. The van der Waals surface area contributed by atoms with Gasteiger partial charge in [0.1, 0.15) is 5.82 Å². The molecule has 1 saturated heterocycles. The Hall–Kier alpha value is -0.990. The van der Waals surface area contributed by atoms with Gasteiger partial charge < -0.3 is 4.90 Å². The molecule has 0 radical (unpaired) electrons. The Labute approximate surface area is 131 Å². The number of nitrogens with zero attached hydrogens (tertiary/aromatic N) is 1. The molecular weight excluding hydrogens is 363 g/mol. The van der Waals surface area contributed by atoms with E-state index in [0.717, 1.165) is 6.26 Å². The van der Waals surface area contributed by atoms with Crippen molar-refractivity contribution in [1.82, 2.24) is 9.62 Å². The van der Waals surface area contributed by atoms with Gasteiger partial charge in [-0.05, 0) is 40.9 Å². The second-order valence-corrected chi connectivity index (χ2v) is 7.71. The molecule has 1 fully saturated rings. The minimum absolute atomic E-state index is 0.0162. The molecule has 0 aromatic heterocycles. The first-order valence-electron chi connectivity index (χ1n) is 6.48. The number of likely N-dealkylation sites (tertiary alicyclic amines) is 1. The van der Waals surface area contributed by atoms with Crippen LogP contribution in [0.15, 0.2) is 22.7 Å². The number of hydrogen-bond donors (Lipinski definition) is 1. The maximum absolute atomic E-state index is 13.8. The minimum atomic E-state index is -3.33. The maximum Gasteiger partial charge on any atom is 0.258 e. The van der Waals surface area contributed by atoms with E-state index < -0.39 is 21.7 Å². The van der Waals surface area contributed by atoms with E-state index in [1.807, 2.05) is 0 Å². The van der Waals surface area contributed by atoms with E-state index in [1.165, 1.54) is 17.0 Å². The first-order chi connectivity index (χ1) is 9.78. The Morgan fingerprint density at radius 1 is 1.48 bits per heavy atom. The SMILES string of the molecule is CS(=O)(=O)NC1CCCN(C(=O)c2c(F)cccc2Br)C1. The van der Waals surface area contributed by atoms with Gasteiger partial charge in [-0.15, -0.1) is 0 Å². The molecule has 21 heavy (non-hydrogen) atoms. The van der Waals surface area contributed by atoms with Crippen LogP contribution < -0.4 is 4.72 Å². The summed E-state index contributed by atoms with van der Waals surface area (Å²) in [7, 11) is -3.33. The van der Waals surface area contributed by atoms with E-state index in [4.69, 9.17) is 0 Å². The van der Waals surface area contributed by atoms with E-state index in [2.05, 4.69) is 20.7 Å². The molecule has 1 aromatic carbocycles. The summed E-state index contributed by atoms with van der Waals surface area (Å²) >= 11 is 3.18. The molecule has 0 saturated carbocycles. The third kappa shape index (κ3) is 4.24. The van der Waals surface area contributed by atoms with Gasteiger partial charge in [0.2, 0.25) is 10.0 Å². The van der Waals surface area contributed by atoms with Gasteiger partial charge in [0.25, 0.3) is 5.91 Å². The van der Waals surface area contributed by atoms with Crippen molar-refractivity contribution in [2.24, 2.45) is 0 Å². The fourth-order valence-electron chi connectivity index (χ4n) is 2.42. The molecule has 1 aliphatic rings. The molecule has 0 bridgehead atoms. The van der Waals surface area contributed by atoms with E-state index >= 15 is 0 Å². The number of benzene rings is 1. The van der Waals surface area contributed by atoms with Crippen LogP contribution >= 0.6 is 15.9 Å². The van der Waals surface area contributed by atoms with Gasteiger partial charge in [-0.3, -0.25) is 4.79 Å². The lowest BCUT2D eigenvalue weighted by atomic mass is 10.1. The molecule has 1 unspecified atom stereocenters. The minimum Gasteiger partial charge on any atom is -0.337 e. The van der Waals surface area contributed by atoms with Gasteiger partial charge in [0.15, 0.2) is 0 Å². The normalized spacial score (nSPS) is 19.6. The summed E-state index contributed by atoms with van der Waals surface area (Å²) < 4.78 is 39.3. The molecule has 116 valence electrons. The number of nitrogens with one attached hydrogen (secondary N) is 1. The highest BCUT2D eigenvalue weighted by Gasteiger charge is 2.28. The molecule has 1 aliphatic heterocycles. The van der Waals surface area contributed by atoms with Crippen LogP contribution in [0.5, 0.6) is 0 Å². The number of rotatable bonds is 3. The van der Waals surface area contributed by atoms with E-state index in [-0.39, 0.29) is 18.2 Å². The lowest BCUT2D eigenvalue weighted by Gasteiger charge is -2.33. The quantitative estimate of drug-likeness (QED) is 0.870. The predicted octanol–water partition coefficient (Wildman–Crippen LogP) is 1.74. The van der Waals surface area contributed by atoms with Gasteiger partial charge in [-0.2, -0.15) is 0 Å². The van der Waals surface area contributed by atoms with Crippen LogP contribution in [0.25, 0.3) is 0 Å². The number of hydrogen-bond acceptors (Lipinski definition) is 3. The summed E-state index contributed by atoms with van der Waals surface area (Å²) in [6, 6.07) is 4.02. The molecule has 0 spiro atoms. The van der Waals surface area contributed by atoms with Crippen LogP contribution in [0.4, 0.5) is 4.39 Å². The topological polar surface area (TPSA) is 66.5 Å². The number of amides is 1. The smallest absolute Gasteiger partial charge is 0.258 e. The lowest BCUT2D eigenvalue weighted by Crippen LogP contribution is -2.49. The average molecular weight is 379 g/mol. The largest absolute Gasteiger partial charge is 0.337 e. The lowest BCUT2D eigenvalue weighted by molar-refractivity contribution is 0.0697. The average Bonchev–Trinajstić information content (AvgIpc) is 2.36. The van der Waals surface area contributed by atoms with E-state index in [9.17, 15) is 17.6 Å². The zero-order valence-electron chi connectivity index (χ0n) is 11.5. The number of halogens is 2. The summed E-state index contributed by atoms with van der Waals surface area (Å²) in [5.74, 6) is -1.02. The summed E-state index contributed by atoms with van der Waals surface area (Å²) in [6.07, 6.45) is 2.42. The Bertz CT molecular complexity index is 631. The molecule has 8 heteroatoms. The Balaban J connectivity index is 2.16. The number of piperidine rings is 1. The third-order valence-corrected chi connectivity index (χ3v) is 4.69. The van der Waals surface area contributed by atoms with Crippen LogP contribution in [0.3, 0.4) is 0 Å². The van der Waals surface area contributed by atoms with Crippen molar-refractivity contribution in [3.63, 3.8) is 0 Å². The molecule has 2 rings (SSSR count). The monoisotopic (exact) mass is 378 g/mol. The molecule has 1 amide bonds. The van der Waals surface area contributed by atoms with E-state index in [0.29, 0.717) is 23.9 Å². The highest BCUT2D eigenvalue weighted by molar-refractivity contribution is 9.10. The van der Waals surface area contributed by atoms with E-state index in [1.54, 1.807) is 6.07 Å². The summed E-state index contributed by atoms with van der Waals surface area (Å²) in [6.45, 7) is 0.730. The summed E-state index contributed by atoms with van der Waals surface area (Å²) in [4.78, 5) is 13.9. The van der Waals surface area contributed by atoms with Crippen molar-refractivity contribution in [3.05, 3.63) is 34.1 Å². The van der Waals surface area contributed by atoms with Gasteiger partial charge in [0, 0.05) is 23.6 Å². The predicted molar refractivity (Wildman–Crippen MR) is 81.0 cm³/mol. The van der Waals surface area contributed by atoms with Crippen LogP contribution in [0, 0.1) is 5.82 Å². The van der Waals surface area contributed by atoms with Crippen LogP contribution in [-0.2, 0) is 10.0 Å². The highest BCUT2D eigenvalue weighted by atomic mass is 79.9. The maximum atomic E-state index is 13.8. The van der Waals surface area contributed by atoms with Crippen LogP contribution in [-0.4, -0.2) is 44.6 Å². The van der Waals surface area contributed by atoms with Crippen molar-refractivity contribution in [2.45, 2.75) is 18.9 Å². The molecule has 1 aromatic rings. The van der Waals surface area contributed by atoms with Crippen molar-refractivity contribution < 1.29 is 17.6 Å². The molecule has 1 atom stereocenters. The van der Waals surface area contributed by atoms with Crippen molar-refractivity contribution >= 4 is 31.9 Å². The van der Waals surface area contributed by atoms with Gasteiger partial charge >= 0.3 is 0 Å². The van der Waals surface area contributed by atoms with Gasteiger partial charge in [-0.1, -0.05) is 6.07 Å². The summed E-state index contributed by atoms with van der Waals surface area (Å²) in [5.41, 5.74) is -0.0162. The zero-order chi connectivity index (χ0) is 15.6. The fraction of sp³-hybridized carbons (Fsp3) is 0.462. The first-order valence-corrected chi connectivity index (χ1v) is 9.17. The number of carbonyl (C=O) groups excluding carboxylic acids is 1. The Morgan fingerprint density at radius 3 is 2.81 bits per heavy atom. The standard InChI is InChI=1S/C13H16BrFN2O3S/c1-21(19,20)16-9-4-3-7-17(8-9)13(18)12-10(14)5-2-6-11(12)15/h2,5-6,9,16H,3-4,7-8H2,1H3. The second-order valence-electron chi connectivity index (χ2n) is 5.08. The van der Waals surface area contributed by atoms with Gasteiger partial charge in [0.05, 0.1) is 11.8 Å². The first kappa shape index (κ1) is 16.4. The molecule has 1 N–H and O–H groups in total. The molecule has 0 aliphatic carbocycles. The van der Waals surface area contributed by atoms with Crippen molar-refractivity contribution in [1.29, 1.82) is 0 Å². The number of sulfonamides is 1. The van der Waals surface area contributed by atoms with Gasteiger partial charge in [-0.25, -0.2) is 17.5 Å². The van der Waals surface area contributed by atoms with Crippen molar-refractivity contribution in [3.8, 4) is 0 Å². The highest BCUT2D eigenvalue weighted by Crippen LogP contribution is 2.23. The second kappa shape index (κ2) is 6.41. The summed E-state index contributed by atoms with van der Waals surface area (Å²) in [5, 5.41) is 0. The van der Waals surface area contributed by atoms with Crippen LogP contribution in [0.1, 0.15) is 23.2 Å². The molecule has 5 nitrogen and oxygen atoms in total. The molecule has 1 heterocycles. The fourth-order valence-corrected chi connectivity index (χ4v) is 3.73. The zero-order valence-corrected chi connectivity index (χ0v) is 13.9. The van der Waals surface area contributed by atoms with Crippen LogP contribution in [0.2, 0.25) is 0 Å². The molecular formula is C13H16BrFN2O3S. The number of carbonyl (C=O) groups is 1. The Morgan fingerprint density at radius 2 is 2.19 bits per heavy atom.